The first-order valence-electron chi connectivity index (χ1n) is 9.63. The van der Waals surface area contributed by atoms with Crippen LogP contribution in [0.15, 0.2) is 37.7 Å². The fraction of sp³-hybridized carbons (Fsp3) is 0.421. The summed E-state index contributed by atoms with van der Waals surface area (Å²) in [6, 6.07) is 5.59. The number of sulfonamides is 1. The summed E-state index contributed by atoms with van der Waals surface area (Å²) in [4.78, 5) is 17.9. The van der Waals surface area contributed by atoms with Gasteiger partial charge in [0, 0.05) is 42.4 Å². The van der Waals surface area contributed by atoms with Crippen LogP contribution in [-0.2, 0) is 21.2 Å². The number of hydrogen-bond acceptors (Lipinski definition) is 8. The van der Waals surface area contributed by atoms with Crippen molar-refractivity contribution in [3.8, 4) is 11.4 Å². The smallest absolute Gasteiger partial charge is 0.252 e. The quantitative estimate of drug-likeness (QED) is 0.574. The van der Waals surface area contributed by atoms with Crippen LogP contribution >= 0.6 is 22.7 Å². The number of hydrogen-bond donors (Lipinski definition) is 1. The van der Waals surface area contributed by atoms with Crippen LogP contribution in [0, 0.1) is 12.8 Å². The Labute approximate surface area is 183 Å². The van der Waals surface area contributed by atoms with E-state index in [4.69, 9.17) is 4.52 Å². The summed E-state index contributed by atoms with van der Waals surface area (Å²) in [5.41, 5.74) is 0.607. The molecular formula is C19H22N4O4S3. The molecule has 160 valence electrons. The lowest BCUT2D eigenvalue weighted by molar-refractivity contribution is -0.126. The largest absolute Gasteiger partial charge is 0.355 e. The van der Waals surface area contributed by atoms with E-state index in [-0.39, 0.29) is 22.6 Å². The Kier molecular flexibility index (Phi) is 6.32. The van der Waals surface area contributed by atoms with Crippen LogP contribution < -0.4 is 5.32 Å². The molecular weight excluding hydrogens is 444 g/mol. The van der Waals surface area contributed by atoms with E-state index in [0.29, 0.717) is 43.2 Å². The fourth-order valence-electron chi connectivity index (χ4n) is 3.40. The molecule has 1 saturated heterocycles. The predicted molar refractivity (Wildman–Crippen MR) is 115 cm³/mol. The first-order chi connectivity index (χ1) is 14.4. The SMILES string of the molecule is Cc1nc(-c2csc(S(=O)(=O)N3CCC[C@@H](C(=O)NCCc4cccs4)C3)c2)no1. The van der Waals surface area contributed by atoms with Crippen molar-refractivity contribution < 1.29 is 17.7 Å². The van der Waals surface area contributed by atoms with E-state index in [9.17, 15) is 13.2 Å². The average molecular weight is 467 g/mol. The third kappa shape index (κ3) is 4.64. The molecule has 8 nitrogen and oxygen atoms in total. The molecule has 3 aromatic rings. The normalized spacial score (nSPS) is 17.8. The van der Waals surface area contributed by atoms with Crippen LogP contribution in [0.5, 0.6) is 0 Å². The number of aromatic nitrogens is 2. The van der Waals surface area contributed by atoms with E-state index in [2.05, 4.69) is 15.5 Å². The Bertz CT molecular complexity index is 1100. The lowest BCUT2D eigenvalue weighted by Crippen LogP contribution is -2.45. The first kappa shape index (κ1) is 21.2. The standard InChI is InChI=1S/C19H22N4O4S3/c1-13-21-18(22-27-13)15-10-17(29-12-15)30(25,26)23-8-2-4-14(11-23)19(24)20-7-6-16-5-3-9-28-16/h3,5,9-10,12,14H,2,4,6-8,11H2,1H3,(H,20,24)/t14-/m1/s1. The molecule has 4 heterocycles. The summed E-state index contributed by atoms with van der Waals surface area (Å²) in [7, 11) is -3.68. The van der Waals surface area contributed by atoms with Gasteiger partial charge in [0.25, 0.3) is 10.0 Å². The molecule has 0 aliphatic carbocycles. The van der Waals surface area contributed by atoms with Crippen molar-refractivity contribution in [1.29, 1.82) is 0 Å². The molecule has 1 aliphatic rings. The van der Waals surface area contributed by atoms with Gasteiger partial charge in [0.1, 0.15) is 4.21 Å². The van der Waals surface area contributed by atoms with Crippen molar-refractivity contribution in [2.75, 3.05) is 19.6 Å². The van der Waals surface area contributed by atoms with Gasteiger partial charge in [-0.05, 0) is 36.8 Å². The zero-order chi connectivity index (χ0) is 21.1. The highest BCUT2D eigenvalue weighted by molar-refractivity contribution is 7.91. The zero-order valence-electron chi connectivity index (χ0n) is 16.4. The molecule has 1 atom stereocenters. The molecule has 30 heavy (non-hydrogen) atoms. The van der Waals surface area contributed by atoms with Crippen LogP contribution in [0.1, 0.15) is 23.6 Å². The molecule has 1 fully saturated rings. The molecule has 4 rings (SSSR count). The van der Waals surface area contributed by atoms with Crippen molar-refractivity contribution in [3.05, 3.63) is 39.7 Å². The Balaban J connectivity index is 1.39. The monoisotopic (exact) mass is 466 g/mol. The Morgan fingerprint density at radius 3 is 3.00 bits per heavy atom. The van der Waals surface area contributed by atoms with E-state index in [0.717, 1.165) is 17.8 Å². The Morgan fingerprint density at radius 2 is 2.27 bits per heavy atom. The highest BCUT2D eigenvalue weighted by Crippen LogP contribution is 2.31. The van der Waals surface area contributed by atoms with Gasteiger partial charge >= 0.3 is 0 Å². The van der Waals surface area contributed by atoms with Gasteiger partial charge in [-0.3, -0.25) is 4.79 Å². The van der Waals surface area contributed by atoms with Crippen LogP contribution in [0.25, 0.3) is 11.4 Å². The van der Waals surface area contributed by atoms with Gasteiger partial charge in [0.15, 0.2) is 0 Å². The minimum Gasteiger partial charge on any atom is -0.355 e. The van der Waals surface area contributed by atoms with E-state index < -0.39 is 10.0 Å². The number of carbonyl (C=O) groups is 1. The zero-order valence-corrected chi connectivity index (χ0v) is 18.9. The number of aryl methyl sites for hydroxylation is 1. The molecule has 0 bridgehead atoms. The van der Waals surface area contributed by atoms with Crippen molar-refractivity contribution >= 4 is 38.6 Å². The number of piperidine rings is 1. The van der Waals surface area contributed by atoms with Crippen molar-refractivity contribution in [1.82, 2.24) is 19.8 Å². The van der Waals surface area contributed by atoms with Gasteiger partial charge < -0.3 is 9.84 Å². The molecule has 0 unspecified atom stereocenters. The summed E-state index contributed by atoms with van der Waals surface area (Å²) in [5.74, 6) is 0.369. The van der Waals surface area contributed by atoms with Gasteiger partial charge in [-0.25, -0.2) is 8.42 Å². The topological polar surface area (TPSA) is 105 Å². The number of nitrogens with one attached hydrogen (secondary N) is 1. The third-order valence-corrected chi connectivity index (χ3v) is 9.18. The lowest BCUT2D eigenvalue weighted by Gasteiger charge is -2.30. The maximum atomic E-state index is 13.1. The second-order valence-electron chi connectivity index (χ2n) is 7.11. The second-order valence-corrected chi connectivity index (χ2v) is 11.2. The number of thiophene rings is 2. The Hall–Kier alpha value is -2.08. The van der Waals surface area contributed by atoms with E-state index in [1.54, 1.807) is 29.7 Å². The van der Waals surface area contributed by atoms with Crippen LogP contribution in [0.3, 0.4) is 0 Å². The van der Waals surface area contributed by atoms with E-state index in [1.165, 1.54) is 9.18 Å². The second kappa shape index (κ2) is 8.96. The molecule has 1 N–H and O–H groups in total. The maximum absolute atomic E-state index is 13.1. The molecule has 0 spiro atoms. The molecule has 1 aliphatic heterocycles. The van der Waals surface area contributed by atoms with Gasteiger partial charge in [0.2, 0.25) is 17.6 Å². The van der Waals surface area contributed by atoms with Crippen LogP contribution in [0.2, 0.25) is 0 Å². The summed E-state index contributed by atoms with van der Waals surface area (Å²) < 4.78 is 32.8. The first-order valence-corrected chi connectivity index (χ1v) is 12.8. The summed E-state index contributed by atoms with van der Waals surface area (Å²) in [6.45, 7) is 2.85. The molecule has 3 aromatic heterocycles. The minimum atomic E-state index is -3.68. The summed E-state index contributed by atoms with van der Waals surface area (Å²) >= 11 is 2.79. The fourth-order valence-corrected chi connectivity index (χ4v) is 6.94. The maximum Gasteiger partial charge on any atom is 0.252 e. The van der Waals surface area contributed by atoms with Crippen LogP contribution in [-0.4, -0.2) is 48.4 Å². The van der Waals surface area contributed by atoms with Gasteiger partial charge in [-0.1, -0.05) is 11.2 Å². The van der Waals surface area contributed by atoms with Crippen molar-refractivity contribution in [2.45, 2.75) is 30.4 Å². The summed E-state index contributed by atoms with van der Waals surface area (Å²) in [6.07, 6.45) is 2.13. The van der Waals surface area contributed by atoms with Crippen molar-refractivity contribution in [3.63, 3.8) is 0 Å². The van der Waals surface area contributed by atoms with Gasteiger partial charge in [-0.2, -0.15) is 9.29 Å². The van der Waals surface area contributed by atoms with E-state index >= 15 is 0 Å². The van der Waals surface area contributed by atoms with E-state index in [1.807, 2.05) is 17.5 Å². The third-order valence-electron chi connectivity index (χ3n) is 4.96. The van der Waals surface area contributed by atoms with Gasteiger partial charge in [0.05, 0.1) is 5.92 Å². The molecule has 1 amide bonds. The number of nitrogens with zero attached hydrogens (tertiary/aromatic N) is 3. The lowest BCUT2D eigenvalue weighted by atomic mass is 9.99. The Morgan fingerprint density at radius 1 is 1.40 bits per heavy atom. The average Bonchev–Trinajstić information content (AvgIpc) is 3.49. The van der Waals surface area contributed by atoms with Gasteiger partial charge in [-0.15, -0.1) is 22.7 Å². The predicted octanol–water partition coefficient (Wildman–Crippen LogP) is 2.93. The highest BCUT2D eigenvalue weighted by Gasteiger charge is 2.34. The number of carbonyl (C=O) groups excluding carboxylic acids is 1. The molecule has 0 aromatic carbocycles. The minimum absolute atomic E-state index is 0.0828. The molecule has 0 radical (unpaired) electrons. The van der Waals surface area contributed by atoms with Crippen molar-refractivity contribution in [2.24, 2.45) is 5.92 Å². The van der Waals surface area contributed by atoms with Crippen LogP contribution in [0.4, 0.5) is 0 Å². The number of amides is 1. The highest BCUT2D eigenvalue weighted by atomic mass is 32.2. The molecule has 0 saturated carbocycles. The number of rotatable bonds is 7. The molecule has 11 heteroatoms. The summed E-state index contributed by atoms with van der Waals surface area (Å²) in [5, 5.41) is 10.5.